The molecule has 1 heterocycles. The van der Waals surface area contributed by atoms with Crippen molar-refractivity contribution < 1.29 is 4.79 Å². The molecular weight excluding hydrogens is 274 g/mol. The van der Waals surface area contributed by atoms with Crippen LogP contribution in [0.4, 0.5) is 11.5 Å². The second-order valence-electron chi connectivity index (χ2n) is 4.81. The smallest absolute Gasteiger partial charge is 0.330 e. The summed E-state index contributed by atoms with van der Waals surface area (Å²) in [5, 5.41) is 2.64. The Morgan fingerprint density at radius 1 is 1.38 bits per heavy atom. The molecule has 0 bridgehead atoms. The Morgan fingerprint density at radius 2 is 2.05 bits per heavy atom. The fourth-order valence-electron chi connectivity index (χ4n) is 2.03. The van der Waals surface area contributed by atoms with E-state index >= 15 is 0 Å². The average molecular weight is 297 g/mol. The number of anilines is 2. The molecule has 0 fully saturated rings. The molecule has 4 N–H and O–H groups in total. The van der Waals surface area contributed by atoms with E-state index in [9.17, 15) is 14.4 Å². The van der Waals surface area contributed by atoms with Crippen LogP contribution < -0.4 is 27.2 Å². The SMILES string of the molecule is CCCCn1c(N)c(N(C)CC(=O)NCC)c(=O)[nH]c1=O. The Labute approximate surface area is 122 Å². The number of nitrogen functional groups attached to an aromatic ring is 1. The molecule has 1 rings (SSSR count). The monoisotopic (exact) mass is 297 g/mol. The maximum absolute atomic E-state index is 11.9. The first kappa shape index (κ1) is 16.8. The first-order valence-corrected chi connectivity index (χ1v) is 7.02. The highest BCUT2D eigenvalue weighted by Crippen LogP contribution is 2.14. The van der Waals surface area contributed by atoms with E-state index in [1.54, 1.807) is 7.05 Å². The van der Waals surface area contributed by atoms with Crippen molar-refractivity contribution >= 4 is 17.4 Å². The molecule has 0 aliphatic rings. The number of hydrogen-bond donors (Lipinski definition) is 3. The van der Waals surface area contributed by atoms with Gasteiger partial charge in [0.2, 0.25) is 5.91 Å². The number of hydrogen-bond acceptors (Lipinski definition) is 5. The Hall–Kier alpha value is -2.25. The summed E-state index contributed by atoms with van der Waals surface area (Å²) in [6.45, 7) is 4.74. The average Bonchev–Trinajstić information content (AvgIpc) is 2.38. The number of nitrogens with two attached hydrogens (primary N) is 1. The van der Waals surface area contributed by atoms with Gasteiger partial charge in [0, 0.05) is 20.1 Å². The first-order chi connectivity index (χ1) is 9.92. The summed E-state index contributed by atoms with van der Waals surface area (Å²) < 4.78 is 1.33. The summed E-state index contributed by atoms with van der Waals surface area (Å²) in [6, 6.07) is 0. The molecule has 0 aliphatic carbocycles. The molecule has 1 amide bonds. The van der Waals surface area contributed by atoms with Crippen LogP contribution in [0, 0.1) is 0 Å². The van der Waals surface area contributed by atoms with Gasteiger partial charge in [-0.2, -0.15) is 0 Å². The van der Waals surface area contributed by atoms with Crippen molar-refractivity contribution in [2.45, 2.75) is 33.2 Å². The molecule has 8 heteroatoms. The third kappa shape index (κ3) is 4.11. The van der Waals surface area contributed by atoms with Gasteiger partial charge < -0.3 is 16.0 Å². The van der Waals surface area contributed by atoms with Gasteiger partial charge >= 0.3 is 5.69 Å². The molecule has 1 aromatic heterocycles. The molecule has 0 atom stereocenters. The van der Waals surface area contributed by atoms with Crippen LogP contribution in [-0.2, 0) is 11.3 Å². The van der Waals surface area contributed by atoms with Crippen LogP contribution >= 0.6 is 0 Å². The van der Waals surface area contributed by atoms with Crippen molar-refractivity contribution in [1.29, 1.82) is 0 Å². The summed E-state index contributed by atoms with van der Waals surface area (Å²) in [7, 11) is 1.59. The normalized spacial score (nSPS) is 10.4. The van der Waals surface area contributed by atoms with Gasteiger partial charge in [0.25, 0.3) is 5.56 Å². The van der Waals surface area contributed by atoms with Crippen LogP contribution in [0.5, 0.6) is 0 Å². The van der Waals surface area contributed by atoms with E-state index < -0.39 is 11.2 Å². The first-order valence-electron chi connectivity index (χ1n) is 7.02. The van der Waals surface area contributed by atoms with Crippen LogP contribution in [0.25, 0.3) is 0 Å². The molecule has 118 valence electrons. The minimum atomic E-state index is -0.586. The third-order valence-corrected chi connectivity index (χ3v) is 3.09. The van der Waals surface area contributed by atoms with Crippen molar-refractivity contribution in [3.8, 4) is 0 Å². The standard InChI is InChI=1S/C13H23N5O3/c1-4-6-7-18-11(14)10(12(20)16-13(18)21)17(3)8-9(19)15-5-2/h4-8,14H2,1-3H3,(H,15,19)(H,16,20,21). The van der Waals surface area contributed by atoms with E-state index in [1.807, 2.05) is 13.8 Å². The van der Waals surface area contributed by atoms with E-state index in [0.717, 1.165) is 12.8 Å². The number of carbonyl (C=O) groups is 1. The largest absolute Gasteiger partial charge is 0.383 e. The Bertz CT molecular complexity index is 605. The van der Waals surface area contributed by atoms with Crippen LogP contribution in [0.15, 0.2) is 9.59 Å². The van der Waals surface area contributed by atoms with Gasteiger partial charge in [0.1, 0.15) is 11.5 Å². The Kier molecular flexibility index (Phi) is 6.01. The molecule has 1 aromatic rings. The third-order valence-electron chi connectivity index (χ3n) is 3.09. The molecule has 8 nitrogen and oxygen atoms in total. The van der Waals surface area contributed by atoms with Crippen molar-refractivity contribution in [2.75, 3.05) is 30.8 Å². The fourth-order valence-corrected chi connectivity index (χ4v) is 2.03. The number of carbonyl (C=O) groups excluding carboxylic acids is 1. The number of aromatic amines is 1. The zero-order valence-corrected chi connectivity index (χ0v) is 12.7. The highest BCUT2D eigenvalue weighted by atomic mass is 16.2. The van der Waals surface area contributed by atoms with E-state index in [1.165, 1.54) is 9.47 Å². The molecule has 0 aromatic carbocycles. The van der Waals surface area contributed by atoms with Gasteiger partial charge in [-0.05, 0) is 13.3 Å². The van der Waals surface area contributed by atoms with Gasteiger partial charge in [0.05, 0.1) is 6.54 Å². The Morgan fingerprint density at radius 3 is 2.62 bits per heavy atom. The fraction of sp³-hybridized carbons (Fsp3) is 0.615. The molecular formula is C13H23N5O3. The number of likely N-dealkylation sites (N-methyl/N-ethyl adjacent to an activating group) is 2. The van der Waals surface area contributed by atoms with Crippen LogP contribution in [0.3, 0.4) is 0 Å². The predicted octanol–water partition coefficient (Wildman–Crippen LogP) is -0.509. The quantitative estimate of drug-likeness (QED) is 0.627. The second kappa shape index (κ2) is 7.51. The number of unbranched alkanes of at least 4 members (excludes halogenated alkanes) is 1. The maximum atomic E-state index is 11.9. The summed E-state index contributed by atoms with van der Waals surface area (Å²) in [5.41, 5.74) is 4.97. The molecule has 0 saturated heterocycles. The number of rotatable bonds is 7. The van der Waals surface area contributed by atoms with Gasteiger partial charge in [-0.3, -0.25) is 19.1 Å². The van der Waals surface area contributed by atoms with Crippen LogP contribution in [0.1, 0.15) is 26.7 Å². The number of aromatic nitrogens is 2. The molecule has 0 aliphatic heterocycles. The lowest BCUT2D eigenvalue weighted by atomic mass is 10.3. The zero-order chi connectivity index (χ0) is 16.0. The van der Waals surface area contributed by atoms with Gasteiger partial charge in [0.15, 0.2) is 0 Å². The zero-order valence-electron chi connectivity index (χ0n) is 12.7. The van der Waals surface area contributed by atoms with Gasteiger partial charge in [-0.15, -0.1) is 0 Å². The van der Waals surface area contributed by atoms with Crippen molar-refractivity contribution in [2.24, 2.45) is 0 Å². The number of H-pyrrole nitrogens is 1. The minimum absolute atomic E-state index is 0.00684. The molecule has 0 unspecified atom stereocenters. The van der Waals surface area contributed by atoms with Crippen molar-refractivity contribution in [3.63, 3.8) is 0 Å². The number of amides is 1. The lowest BCUT2D eigenvalue weighted by Crippen LogP contribution is -2.41. The van der Waals surface area contributed by atoms with Gasteiger partial charge in [-0.25, -0.2) is 4.79 Å². The highest BCUT2D eigenvalue weighted by molar-refractivity contribution is 5.82. The van der Waals surface area contributed by atoms with Crippen molar-refractivity contribution in [1.82, 2.24) is 14.9 Å². The molecule has 0 saturated carbocycles. The van der Waals surface area contributed by atoms with E-state index in [-0.39, 0.29) is 24.0 Å². The van der Waals surface area contributed by atoms with Crippen LogP contribution in [-0.4, -0.2) is 35.6 Å². The minimum Gasteiger partial charge on any atom is -0.383 e. The maximum Gasteiger partial charge on any atom is 0.330 e. The van der Waals surface area contributed by atoms with E-state index in [4.69, 9.17) is 5.73 Å². The lowest BCUT2D eigenvalue weighted by Gasteiger charge is -2.21. The number of nitrogens with one attached hydrogen (secondary N) is 2. The highest BCUT2D eigenvalue weighted by Gasteiger charge is 2.17. The summed E-state index contributed by atoms with van der Waals surface area (Å²) in [5.74, 6) is -0.130. The summed E-state index contributed by atoms with van der Waals surface area (Å²) in [4.78, 5) is 39.0. The van der Waals surface area contributed by atoms with Crippen molar-refractivity contribution in [3.05, 3.63) is 20.8 Å². The van der Waals surface area contributed by atoms with Gasteiger partial charge in [-0.1, -0.05) is 13.3 Å². The van der Waals surface area contributed by atoms with E-state index in [2.05, 4.69) is 10.3 Å². The van der Waals surface area contributed by atoms with Crippen LogP contribution in [0.2, 0.25) is 0 Å². The predicted molar refractivity (Wildman–Crippen MR) is 82.6 cm³/mol. The van der Waals surface area contributed by atoms with E-state index in [0.29, 0.717) is 13.1 Å². The molecule has 0 radical (unpaired) electrons. The molecule has 21 heavy (non-hydrogen) atoms. The number of nitrogens with zero attached hydrogens (tertiary/aromatic N) is 2. The lowest BCUT2D eigenvalue weighted by molar-refractivity contribution is -0.119. The Balaban J connectivity index is 3.14. The second-order valence-corrected chi connectivity index (χ2v) is 4.81. The molecule has 0 spiro atoms. The topological polar surface area (TPSA) is 113 Å². The summed E-state index contributed by atoms with van der Waals surface area (Å²) in [6.07, 6.45) is 1.67. The summed E-state index contributed by atoms with van der Waals surface area (Å²) >= 11 is 0.